The van der Waals surface area contributed by atoms with Gasteiger partial charge in [0, 0.05) is 13.7 Å². The van der Waals surface area contributed by atoms with Crippen LogP contribution in [0.2, 0.25) is 10.0 Å². The van der Waals surface area contributed by atoms with Crippen LogP contribution in [0.4, 0.5) is 0 Å². The normalized spacial score (nSPS) is 12.2. The average molecular weight is 306 g/mol. The molecule has 0 bridgehead atoms. The molecule has 0 spiro atoms. The smallest absolute Gasteiger partial charge is 0.327 e. The molecule has 0 amide bonds. The first-order valence-corrected chi connectivity index (χ1v) is 6.69. The third-order valence-corrected chi connectivity index (χ3v) is 3.19. The number of carbonyl (C=O) groups excluding carboxylic acids is 1. The lowest BCUT2D eigenvalue weighted by Gasteiger charge is -2.18. The Labute approximate surface area is 123 Å². The second kappa shape index (κ2) is 8.38. The quantitative estimate of drug-likeness (QED) is 0.621. The molecule has 1 aromatic rings. The summed E-state index contributed by atoms with van der Waals surface area (Å²) < 4.78 is 9.99. The van der Waals surface area contributed by atoms with E-state index in [1.54, 1.807) is 32.2 Å². The molecular weight excluding hydrogens is 289 g/mol. The van der Waals surface area contributed by atoms with Gasteiger partial charge in [-0.05, 0) is 24.6 Å². The molecule has 1 N–H and O–H groups in total. The van der Waals surface area contributed by atoms with Gasteiger partial charge in [0.25, 0.3) is 0 Å². The maximum Gasteiger partial charge on any atom is 0.327 e. The van der Waals surface area contributed by atoms with Crippen LogP contribution in [0.5, 0.6) is 0 Å². The lowest BCUT2D eigenvalue weighted by molar-refractivity contribution is -0.145. The Morgan fingerprint density at radius 2 is 2.11 bits per heavy atom. The minimum Gasteiger partial charge on any atom is -0.465 e. The zero-order chi connectivity index (χ0) is 14.3. The first kappa shape index (κ1) is 16.2. The van der Waals surface area contributed by atoms with E-state index in [1.165, 1.54) is 0 Å². The van der Waals surface area contributed by atoms with Crippen molar-refractivity contribution in [2.45, 2.75) is 13.0 Å². The van der Waals surface area contributed by atoms with Crippen molar-refractivity contribution in [3.63, 3.8) is 0 Å². The van der Waals surface area contributed by atoms with E-state index in [-0.39, 0.29) is 5.97 Å². The lowest BCUT2D eigenvalue weighted by atomic mass is 10.1. The fraction of sp³-hybridized carbons (Fsp3) is 0.462. The van der Waals surface area contributed by atoms with Gasteiger partial charge in [-0.1, -0.05) is 29.3 Å². The molecule has 0 aliphatic heterocycles. The molecule has 1 unspecified atom stereocenters. The molecule has 4 nitrogen and oxygen atoms in total. The SMILES string of the molecule is CCOC(=O)C(NCCOC)c1ccc(Cl)c(Cl)c1. The number of ether oxygens (including phenoxy) is 2. The van der Waals surface area contributed by atoms with Crippen LogP contribution in [0.3, 0.4) is 0 Å². The van der Waals surface area contributed by atoms with Gasteiger partial charge in [0.15, 0.2) is 0 Å². The third-order valence-electron chi connectivity index (χ3n) is 2.45. The molecule has 0 heterocycles. The van der Waals surface area contributed by atoms with Crippen molar-refractivity contribution < 1.29 is 14.3 Å². The second-order valence-corrected chi connectivity index (χ2v) is 4.62. The van der Waals surface area contributed by atoms with E-state index >= 15 is 0 Å². The maximum absolute atomic E-state index is 11.9. The Kier molecular flexibility index (Phi) is 7.16. The molecule has 106 valence electrons. The van der Waals surface area contributed by atoms with Crippen molar-refractivity contribution >= 4 is 29.2 Å². The highest BCUT2D eigenvalue weighted by atomic mass is 35.5. The molecule has 1 rings (SSSR count). The van der Waals surface area contributed by atoms with Gasteiger partial charge in [0.05, 0.1) is 23.3 Å². The average Bonchev–Trinajstić information content (AvgIpc) is 2.38. The minimum absolute atomic E-state index is 0.322. The topological polar surface area (TPSA) is 47.6 Å². The number of rotatable bonds is 7. The van der Waals surface area contributed by atoms with Crippen LogP contribution < -0.4 is 5.32 Å². The van der Waals surface area contributed by atoms with Crippen LogP contribution >= 0.6 is 23.2 Å². The van der Waals surface area contributed by atoms with Crippen molar-refractivity contribution in [2.75, 3.05) is 26.9 Å². The fourth-order valence-corrected chi connectivity index (χ4v) is 1.87. The van der Waals surface area contributed by atoms with E-state index in [4.69, 9.17) is 32.7 Å². The first-order valence-electron chi connectivity index (χ1n) is 5.94. The number of nitrogens with one attached hydrogen (secondary N) is 1. The molecule has 0 saturated heterocycles. The Hall–Kier alpha value is -0.810. The summed E-state index contributed by atoms with van der Waals surface area (Å²) in [6.07, 6.45) is 0. The van der Waals surface area contributed by atoms with Crippen molar-refractivity contribution in [3.8, 4) is 0 Å². The fourth-order valence-electron chi connectivity index (χ4n) is 1.56. The Morgan fingerprint density at radius 1 is 1.37 bits per heavy atom. The van der Waals surface area contributed by atoms with Crippen molar-refractivity contribution in [1.82, 2.24) is 5.32 Å². The Bertz CT molecular complexity index is 426. The summed E-state index contributed by atoms with van der Waals surface area (Å²) in [5, 5.41) is 3.92. The van der Waals surface area contributed by atoms with Crippen LogP contribution in [-0.2, 0) is 14.3 Å². The van der Waals surface area contributed by atoms with E-state index in [0.717, 1.165) is 0 Å². The highest BCUT2D eigenvalue weighted by Gasteiger charge is 2.21. The molecule has 0 aromatic heterocycles. The summed E-state index contributed by atoms with van der Waals surface area (Å²) in [4.78, 5) is 11.9. The summed E-state index contributed by atoms with van der Waals surface area (Å²) in [6, 6.07) is 4.48. The van der Waals surface area contributed by atoms with Gasteiger partial charge < -0.3 is 9.47 Å². The summed E-state index contributed by atoms with van der Waals surface area (Å²) in [5.41, 5.74) is 0.712. The molecule has 1 aromatic carbocycles. The summed E-state index contributed by atoms with van der Waals surface area (Å²) in [6.45, 7) is 3.11. The zero-order valence-corrected chi connectivity index (χ0v) is 12.4. The predicted molar refractivity (Wildman–Crippen MR) is 75.7 cm³/mol. The van der Waals surface area contributed by atoms with E-state index in [2.05, 4.69) is 5.32 Å². The largest absolute Gasteiger partial charge is 0.465 e. The van der Waals surface area contributed by atoms with Gasteiger partial charge in [-0.2, -0.15) is 0 Å². The third kappa shape index (κ3) is 4.99. The van der Waals surface area contributed by atoms with E-state index in [0.29, 0.717) is 35.4 Å². The van der Waals surface area contributed by atoms with Crippen molar-refractivity contribution in [3.05, 3.63) is 33.8 Å². The number of benzene rings is 1. The van der Waals surface area contributed by atoms with Crippen molar-refractivity contribution in [2.24, 2.45) is 0 Å². The van der Waals surface area contributed by atoms with Crippen LogP contribution in [-0.4, -0.2) is 32.8 Å². The van der Waals surface area contributed by atoms with Crippen LogP contribution in [0.15, 0.2) is 18.2 Å². The van der Waals surface area contributed by atoms with E-state index in [1.807, 2.05) is 0 Å². The highest BCUT2D eigenvalue weighted by Crippen LogP contribution is 2.26. The van der Waals surface area contributed by atoms with Crippen molar-refractivity contribution in [1.29, 1.82) is 0 Å². The van der Waals surface area contributed by atoms with Gasteiger partial charge in [0.1, 0.15) is 6.04 Å². The van der Waals surface area contributed by atoms with Gasteiger partial charge in [-0.3, -0.25) is 5.32 Å². The number of hydrogen-bond acceptors (Lipinski definition) is 4. The lowest BCUT2D eigenvalue weighted by Crippen LogP contribution is -2.32. The summed E-state index contributed by atoms with van der Waals surface area (Å²) in [7, 11) is 1.60. The van der Waals surface area contributed by atoms with Crippen LogP contribution in [0.25, 0.3) is 0 Å². The monoisotopic (exact) mass is 305 g/mol. The Balaban J connectivity index is 2.87. The first-order chi connectivity index (χ1) is 9.10. The Morgan fingerprint density at radius 3 is 2.68 bits per heavy atom. The standard InChI is InChI=1S/C13H17Cl2NO3/c1-3-19-13(17)12(16-6-7-18-2)9-4-5-10(14)11(15)8-9/h4-5,8,12,16H,3,6-7H2,1-2H3. The molecule has 0 aliphatic carbocycles. The number of carbonyl (C=O) groups is 1. The molecule has 0 radical (unpaired) electrons. The molecular formula is C13H17Cl2NO3. The van der Waals surface area contributed by atoms with Gasteiger partial charge in [-0.25, -0.2) is 4.79 Å². The maximum atomic E-state index is 11.9. The number of hydrogen-bond donors (Lipinski definition) is 1. The molecule has 6 heteroatoms. The van der Waals surface area contributed by atoms with Crippen LogP contribution in [0, 0.1) is 0 Å². The predicted octanol–water partition coefficient (Wildman–Crippen LogP) is 2.83. The minimum atomic E-state index is -0.579. The van der Waals surface area contributed by atoms with E-state index in [9.17, 15) is 4.79 Å². The highest BCUT2D eigenvalue weighted by molar-refractivity contribution is 6.42. The van der Waals surface area contributed by atoms with E-state index < -0.39 is 6.04 Å². The van der Waals surface area contributed by atoms with Gasteiger partial charge in [-0.15, -0.1) is 0 Å². The number of methoxy groups -OCH3 is 1. The molecule has 1 atom stereocenters. The number of halogens is 2. The summed E-state index contributed by atoms with van der Waals surface area (Å²) in [5.74, 6) is -0.350. The molecule has 0 fully saturated rings. The van der Waals surface area contributed by atoms with Gasteiger partial charge >= 0.3 is 5.97 Å². The summed E-state index contributed by atoms with van der Waals surface area (Å²) >= 11 is 11.8. The molecule has 0 saturated carbocycles. The van der Waals surface area contributed by atoms with Gasteiger partial charge in [0.2, 0.25) is 0 Å². The van der Waals surface area contributed by atoms with Crippen LogP contribution in [0.1, 0.15) is 18.5 Å². The molecule has 0 aliphatic rings. The second-order valence-electron chi connectivity index (χ2n) is 3.81. The zero-order valence-electron chi connectivity index (χ0n) is 10.9. The molecule has 19 heavy (non-hydrogen) atoms. The number of esters is 1.